The fourth-order valence-corrected chi connectivity index (χ4v) is 2.41. The zero-order chi connectivity index (χ0) is 10.7. The molecule has 2 atom stereocenters. The van der Waals surface area contributed by atoms with Crippen molar-refractivity contribution >= 4 is 0 Å². The topological polar surface area (TPSA) is 38.5 Å². The molecular weight excluding hydrogens is 188 g/mol. The van der Waals surface area contributed by atoms with E-state index in [9.17, 15) is 0 Å². The van der Waals surface area contributed by atoms with Gasteiger partial charge in [0.05, 0.1) is 6.10 Å². The van der Waals surface area contributed by atoms with Crippen LogP contribution in [-0.4, -0.2) is 43.8 Å². The fraction of sp³-hybridized carbons (Fsp3) is 1.00. The molecule has 15 heavy (non-hydrogen) atoms. The highest BCUT2D eigenvalue weighted by atomic mass is 16.5. The summed E-state index contributed by atoms with van der Waals surface area (Å²) in [6.07, 6.45) is 6.93. The number of ether oxygens (including phenoxy) is 1. The van der Waals surface area contributed by atoms with Gasteiger partial charge in [-0.25, -0.2) is 0 Å². The van der Waals surface area contributed by atoms with Gasteiger partial charge in [0.15, 0.2) is 0 Å². The second kappa shape index (κ2) is 5.28. The van der Waals surface area contributed by atoms with Gasteiger partial charge in [0.1, 0.15) is 0 Å². The molecule has 2 fully saturated rings. The minimum atomic E-state index is 0.388. The summed E-state index contributed by atoms with van der Waals surface area (Å²) in [5, 5.41) is 0. The number of likely N-dealkylation sites (N-methyl/N-ethyl adjacent to an activating group) is 1. The third kappa shape index (κ3) is 3.74. The van der Waals surface area contributed by atoms with Crippen molar-refractivity contribution < 1.29 is 4.74 Å². The van der Waals surface area contributed by atoms with Crippen molar-refractivity contribution in [2.75, 3.05) is 26.7 Å². The quantitative estimate of drug-likeness (QED) is 0.745. The maximum absolute atomic E-state index is 6.10. The molecule has 3 heteroatoms. The Morgan fingerprint density at radius 1 is 1.33 bits per heavy atom. The maximum Gasteiger partial charge on any atom is 0.0701 e. The second-order valence-corrected chi connectivity index (χ2v) is 5.21. The van der Waals surface area contributed by atoms with Gasteiger partial charge < -0.3 is 15.4 Å². The summed E-state index contributed by atoms with van der Waals surface area (Å²) < 4.78 is 5.72. The standard InChI is InChI=1S/C12H24N2O/c1-14(9-12(13)10-5-6-10)8-11-4-2-3-7-15-11/h10-12H,2-9,13H2,1H3. The number of nitrogens with two attached hydrogens (primary N) is 1. The van der Waals surface area contributed by atoms with Gasteiger partial charge in [-0.05, 0) is 45.1 Å². The van der Waals surface area contributed by atoms with Gasteiger partial charge in [0.2, 0.25) is 0 Å². The molecule has 2 N–H and O–H groups in total. The highest BCUT2D eigenvalue weighted by molar-refractivity contribution is 4.86. The molecule has 3 nitrogen and oxygen atoms in total. The van der Waals surface area contributed by atoms with Crippen LogP contribution in [0.2, 0.25) is 0 Å². The normalized spacial score (nSPS) is 29.4. The van der Waals surface area contributed by atoms with Crippen molar-refractivity contribution in [2.24, 2.45) is 11.7 Å². The molecular formula is C12H24N2O. The molecule has 1 aliphatic carbocycles. The number of hydrogen-bond donors (Lipinski definition) is 1. The van der Waals surface area contributed by atoms with Crippen LogP contribution < -0.4 is 5.73 Å². The third-order valence-electron chi connectivity index (χ3n) is 3.54. The summed E-state index contributed by atoms with van der Waals surface area (Å²) in [4.78, 5) is 2.35. The van der Waals surface area contributed by atoms with Crippen molar-refractivity contribution in [1.82, 2.24) is 4.90 Å². The Morgan fingerprint density at radius 3 is 2.73 bits per heavy atom. The first-order valence-corrected chi connectivity index (χ1v) is 6.31. The lowest BCUT2D eigenvalue weighted by Crippen LogP contribution is -2.41. The molecule has 2 rings (SSSR count). The predicted molar refractivity (Wildman–Crippen MR) is 61.8 cm³/mol. The van der Waals surface area contributed by atoms with E-state index >= 15 is 0 Å². The zero-order valence-electron chi connectivity index (χ0n) is 9.82. The summed E-state index contributed by atoms with van der Waals surface area (Å²) in [5.41, 5.74) is 6.10. The van der Waals surface area contributed by atoms with Crippen molar-refractivity contribution in [1.29, 1.82) is 0 Å². The zero-order valence-corrected chi connectivity index (χ0v) is 9.82. The Hall–Kier alpha value is -0.120. The minimum absolute atomic E-state index is 0.388. The molecule has 0 spiro atoms. The summed E-state index contributed by atoms with van der Waals surface area (Å²) in [5.74, 6) is 0.805. The lowest BCUT2D eigenvalue weighted by molar-refractivity contribution is -0.00235. The largest absolute Gasteiger partial charge is 0.377 e. The third-order valence-corrected chi connectivity index (χ3v) is 3.54. The molecule has 88 valence electrons. The molecule has 1 aliphatic heterocycles. The van der Waals surface area contributed by atoms with Crippen molar-refractivity contribution in [3.05, 3.63) is 0 Å². The van der Waals surface area contributed by atoms with Crippen LogP contribution in [0, 0.1) is 5.92 Å². The van der Waals surface area contributed by atoms with E-state index in [1.54, 1.807) is 0 Å². The van der Waals surface area contributed by atoms with Crippen molar-refractivity contribution in [3.8, 4) is 0 Å². The molecule has 0 amide bonds. The highest BCUT2D eigenvalue weighted by Crippen LogP contribution is 2.31. The van der Waals surface area contributed by atoms with E-state index in [-0.39, 0.29) is 0 Å². The van der Waals surface area contributed by atoms with Crippen LogP contribution in [0.3, 0.4) is 0 Å². The smallest absolute Gasteiger partial charge is 0.0701 e. The minimum Gasteiger partial charge on any atom is -0.377 e. The van der Waals surface area contributed by atoms with E-state index in [1.807, 2.05) is 0 Å². The average Bonchev–Trinajstić information content (AvgIpc) is 3.01. The van der Waals surface area contributed by atoms with Gasteiger partial charge in [0.25, 0.3) is 0 Å². The first-order chi connectivity index (χ1) is 7.25. The van der Waals surface area contributed by atoms with E-state index in [0.717, 1.165) is 25.6 Å². The highest BCUT2D eigenvalue weighted by Gasteiger charge is 2.29. The molecule has 0 aromatic rings. The summed E-state index contributed by atoms with van der Waals surface area (Å²) in [6.45, 7) is 3.04. The maximum atomic E-state index is 6.10. The number of hydrogen-bond acceptors (Lipinski definition) is 3. The van der Waals surface area contributed by atoms with Crippen LogP contribution in [0.4, 0.5) is 0 Å². The van der Waals surface area contributed by atoms with Crippen LogP contribution in [0.5, 0.6) is 0 Å². The Balaban J connectivity index is 1.63. The van der Waals surface area contributed by atoms with Crippen LogP contribution in [-0.2, 0) is 4.74 Å². The Kier molecular flexibility index (Phi) is 4.00. The van der Waals surface area contributed by atoms with E-state index in [2.05, 4.69) is 11.9 Å². The number of nitrogens with zero attached hydrogens (tertiary/aromatic N) is 1. The van der Waals surface area contributed by atoms with Crippen molar-refractivity contribution in [2.45, 2.75) is 44.2 Å². The van der Waals surface area contributed by atoms with Crippen molar-refractivity contribution in [3.63, 3.8) is 0 Å². The first-order valence-electron chi connectivity index (χ1n) is 6.31. The lowest BCUT2D eigenvalue weighted by atomic mass is 10.1. The van der Waals surface area contributed by atoms with Crippen LogP contribution in [0.1, 0.15) is 32.1 Å². The molecule has 0 bridgehead atoms. The van der Waals surface area contributed by atoms with Gasteiger partial charge in [-0.1, -0.05) is 0 Å². The monoisotopic (exact) mass is 212 g/mol. The van der Waals surface area contributed by atoms with E-state index in [4.69, 9.17) is 10.5 Å². The lowest BCUT2D eigenvalue weighted by Gasteiger charge is -2.28. The summed E-state index contributed by atoms with van der Waals surface area (Å²) in [7, 11) is 2.17. The molecule has 0 aromatic heterocycles. The molecule has 2 unspecified atom stereocenters. The van der Waals surface area contributed by atoms with E-state index in [1.165, 1.54) is 32.1 Å². The Bertz CT molecular complexity index is 188. The van der Waals surface area contributed by atoms with E-state index in [0.29, 0.717) is 12.1 Å². The van der Waals surface area contributed by atoms with Crippen LogP contribution in [0.15, 0.2) is 0 Å². The van der Waals surface area contributed by atoms with Gasteiger partial charge in [0, 0.05) is 25.7 Å². The average molecular weight is 212 g/mol. The molecule has 1 saturated heterocycles. The van der Waals surface area contributed by atoms with Gasteiger partial charge >= 0.3 is 0 Å². The fourth-order valence-electron chi connectivity index (χ4n) is 2.41. The number of rotatable bonds is 5. The molecule has 1 saturated carbocycles. The van der Waals surface area contributed by atoms with Crippen LogP contribution >= 0.6 is 0 Å². The van der Waals surface area contributed by atoms with Gasteiger partial charge in [-0.3, -0.25) is 0 Å². The van der Waals surface area contributed by atoms with Crippen LogP contribution in [0.25, 0.3) is 0 Å². The van der Waals surface area contributed by atoms with Gasteiger partial charge in [-0.15, -0.1) is 0 Å². The Labute approximate surface area is 93.0 Å². The molecule has 2 aliphatic rings. The summed E-state index contributed by atoms with van der Waals surface area (Å²) >= 11 is 0. The Morgan fingerprint density at radius 2 is 2.13 bits per heavy atom. The second-order valence-electron chi connectivity index (χ2n) is 5.21. The molecule has 0 radical (unpaired) electrons. The first kappa shape index (κ1) is 11.4. The molecule has 0 aromatic carbocycles. The predicted octanol–water partition coefficient (Wildman–Crippen LogP) is 1.22. The molecule has 1 heterocycles. The SMILES string of the molecule is CN(CC1CCCCO1)CC(N)C1CC1. The van der Waals surface area contributed by atoms with E-state index < -0.39 is 0 Å². The van der Waals surface area contributed by atoms with Gasteiger partial charge in [-0.2, -0.15) is 0 Å². The summed E-state index contributed by atoms with van der Waals surface area (Å²) in [6, 6.07) is 0.388.